The van der Waals surface area contributed by atoms with Crippen molar-refractivity contribution in [1.29, 1.82) is 0 Å². The molecular formula is C10H10FNO. The molecule has 0 fully saturated rings. The molecule has 0 amide bonds. The molecule has 1 unspecified atom stereocenters. The molecule has 0 saturated heterocycles. The maximum atomic E-state index is 12.6. The number of aliphatic imine (C=N–C) groups is 1. The van der Waals surface area contributed by atoms with E-state index >= 15 is 0 Å². The van der Waals surface area contributed by atoms with Gasteiger partial charge in [-0.1, -0.05) is 12.1 Å². The first-order valence-electron chi connectivity index (χ1n) is 4.18. The topological polar surface area (TPSA) is 21.6 Å². The minimum Gasteiger partial charge on any atom is -0.479 e. The van der Waals surface area contributed by atoms with Gasteiger partial charge in [0, 0.05) is 6.92 Å². The highest BCUT2D eigenvalue weighted by Crippen LogP contribution is 2.22. The number of halogens is 1. The molecule has 2 nitrogen and oxygen atoms in total. The molecule has 13 heavy (non-hydrogen) atoms. The van der Waals surface area contributed by atoms with Crippen molar-refractivity contribution in [1.82, 2.24) is 0 Å². The lowest BCUT2D eigenvalue weighted by atomic mass is 10.1. The van der Waals surface area contributed by atoms with Crippen molar-refractivity contribution in [2.24, 2.45) is 4.99 Å². The highest BCUT2D eigenvalue weighted by Gasteiger charge is 2.17. The average Bonchev–Trinajstić information content (AvgIpc) is 2.53. The number of benzene rings is 1. The fourth-order valence-electron chi connectivity index (χ4n) is 1.35. The minimum absolute atomic E-state index is 0.0422. The van der Waals surface area contributed by atoms with Crippen LogP contribution >= 0.6 is 0 Å². The Kier molecular flexibility index (Phi) is 2.00. The maximum absolute atomic E-state index is 12.6. The molecule has 1 aliphatic rings. The predicted molar refractivity (Wildman–Crippen MR) is 48.2 cm³/mol. The molecule has 3 heteroatoms. The second-order valence-corrected chi connectivity index (χ2v) is 3.03. The van der Waals surface area contributed by atoms with E-state index < -0.39 is 0 Å². The molecular weight excluding hydrogens is 169 g/mol. The molecule has 0 N–H and O–H groups in total. The molecule has 1 aromatic rings. The summed E-state index contributed by atoms with van der Waals surface area (Å²) < 4.78 is 17.8. The second-order valence-electron chi connectivity index (χ2n) is 3.03. The van der Waals surface area contributed by atoms with Crippen LogP contribution in [0.3, 0.4) is 0 Å². The van der Waals surface area contributed by atoms with Gasteiger partial charge in [-0.15, -0.1) is 0 Å². The summed E-state index contributed by atoms with van der Waals surface area (Å²) in [6.07, 6.45) is 0. The van der Waals surface area contributed by atoms with E-state index in [9.17, 15) is 4.39 Å². The molecule has 1 aromatic carbocycles. The third-order valence-corrected chi connectivity index (χ3v) is 2.04. The van der Waals surface area contributed by atoms with Crippen LogP contribution < -0.4 is 0 Å². The number of nitrogens with zero attached hydrogens (tertiary/aromatic N) is 1. The van der Waals surface area contributed by atoms with Gasteiger partial charge in [-0.2, -0.15) is 0 Å². The Morgan fingerprint density at radius 3 is 2.62 bits per heavy atom. The molecule has 1 heterocycles. The van der Waals surface area contributed by atoms with Crippen molar-refractivity contribution in [2.45, 2.75) is 13.0 Å². The van der Waals surface area contributed by atoms with Crippen LogP contribution in [-0.4, -0.2) is 12.5 Å². The monoisotopic (exact) mass is 179 g/mol. The van der Waals surface area contributed by atoms with Gasteiger partial charge in [0.05, 0.1) is 0 Å². The third kappa shape index (κ3) is 1.69. The van der Waals surface area contributed by atoms with E-state index in [4.69, 9.17) is 4.74 Å². The lowest BCUT2D eigenvalue weighted by Gasteiger charge is -2.04. The van der Waals surface area contributed by atoms with Crippen LogP contribution in [0.4, 0.5) is 4.39 Å². The number of hydrogen-bond donors (Lipinski definition) is 0. The van der Waals surface area contributed by atoms with Crippen LogP contribution in [0.15, 0.2) is 29.3 Å². The summed E-state index contributed by atoms with van der Waals surface area (Å²) in [7, 11) is 0. The first-order chi connectivity index (χ1) is 6.25. The molecule has 0 saturated carbocycles. The summed E-state index contributed by atoms with van der Waals surface area (Å²) in [6, 6.07) is 6.41. The van der Waals surface area contributed by atoms with E-state index in [0.717, 1.165) is 5.56 Å². The molecule has 1 aliphatic heterocycles. The Bertz CT molecular complexity index is 331. The highest BCUT2D eigenvalue weighted by atomic mass is 19.1. The van der Waals surface area contributed by atoms with Gasteiger partial charge in [0.2, 0.25) is 0 Å². The quantitative estimate of drug-likeness (QED) is 0.648. The Labute approximate surface area is 76.1 Å². The van der Waals surface area contributed by atoms with E-state index in [0.29, 0.717) is 12.5 Å². The standard InChI is InChI=1S/C10H10FNO/c1-7-12-10(6-13-7)8-2-4-9(11)5-3-8/h2-5,10H,6H2,1H3. The lowest BCUT2D eigenvalue weighted by molar-refractivity contribution is 0.317. The molecule has 0 spiro atoms. The number of rotatable bonds is 1. The summed E-state index contributed by atoms with van der Waals surface area (Å²) in [4.78, 5) is 4.26. The van der Waals surface area contributed by atoms with Crippen LogP contribution in [0.1, 0.15) is 18.5 Å². The number of hydrogen-bond acceptors (Lipinski definition) is 2. The van der Waals surface area contributed by atoms with Gasteiger partial charge < -0.3 is 4.74 Å². The molecule has 0 radical (unpaired) electrons. The van der Waals surface area contributed by atoms with Crippen molar-refractivity contribution in [2.75, 3.05) is 6.61 Å². The molecule has 0 aliphatic carbocycles. The second kappa shape index (κ2) is 3.17. The maximum Gasteiger partial charge on any atom is 0.180 e. The summed E-state index contributed by atoms with van der Waals surface area (Å²) >= 11 is 0. The Morgan fingerprint density at radius 2 is 2.08 bits per heavy atom. The van der Waals surface area contributed by atoms with Crippen molar-refractivity contribution in [3.63, 3.8) is 0 Å². The van der Waals surface area contributed by atoms with Gasteiger partial charge in [-0.3, -0.25) is 0 Å². The zero-order valence-corrected chi connectivity index (χ0v) is 7.33. The smallest absolute Gasteiger partial charge is 0.180 e. The summed E-state index contributed by atoms with van der Waals surface area (Å²) in [6.45, 7) is 2.39. The van der Waals surface area contributed by atoms with Gasteiger partial charge in [-0.25, -0.2) is 9.38 Å². The normalized spacial score (nSPS) is 21.1. The first-order valence-corrected chi connectivity index (χ1v) is 4.18. The zero-order chi connectivity index (χ0) is 9.26. The van der Waals surface area contributed by atoms with Gasteiger partial charge in [-0.05, 0) is 17.7 Å². The van der Waals surface area contributed by atoms with E-state index in [2.05, 4.69) is 4.99 Å². The van der Waals surface area contributed by atoms with Crippen molar-refractivity contribution in [3.05, 3.63) is 35.6 Å². The fraction of sp³-hybridized carbons (Fsp3) is 0.300. The Morgan fingerprint density at radius 1 is 1.38 bits per heavy atom. The van der Waals surface area contributed by atoms with Crippen molar-refractivity contribution < 1.29 is 9.13 Å². The van der Waals surface area contributed by atoms with Crippen LogP contribution in [0.25, 0.3) is 0 Å². The van der Waals surface area contributed by atoms with E-state index in [1.165, 1.54) is 12.1 Å². The molecule has 1 atom stereocenters. The van der Waals surface area contributed by atoms with Crippen LogP contribution in [-0.2, 0) is 4.74 Å². The average molecular weight is 179 g/mol. The molecule has 2 rings (SSSR count). The zero-order valence-electron chi connectivity index (χ0n) is 7.33. The van der Waals surface area contributed by atoms with Crippen LogP contribution in [0.2, 0.25) is 0 Å². The summed E-state index contributed by atoms with van der Waals surface area (Å²) in [5, 5.41) is 0. The van der Waals surface area contributed by atoms with E-state index in [1.54, 1.807) is 12.1 Å². The molecule has 0 bridgehead atoms. The molecule has 68 valence electrons. The van der Waals surface area contributed by atoms with E-state index in [-0.39, 0.29) is 11.9 Å². The van der Waals surface area contributed by atoms with Crippen LogP contribution in [0, 0.1) is 5.82 Å². The SMILES string of the molecule is CC1=NC(c2ccc(F)cc2)CO1. The minimum atomic E-state index is -0.219. The first kappa shape index (κ1) is 8.23. The Balaban J connectivity index is 2.22. The van der Waals surface area contributed by atoms with Crippen LogP contribution in [0.5, 0.6) is 0 Å². The van der Waals surface area contributed by atoms with E-state index in [1.807, 2.05) is 6.92 Å². The van der Waals surface area contributed by atoms with Gasteiger partial charge in [0.1, 0.15) is 18.5 Å². The summed E-state index contributed by atoms with van der Waals surface area (Å²) in [5.74, 6) is 0.484. The number of ether oxygens (including phenoxy) is 1. The van der Waals surface area contributed by atoms with Gasteiger partial charge >= 0.3 is 0 Å². The largest absolute Gasteiger partial charge is 0.479 e. The third-order valence-electron chi connectivity index (χ3n) is 2.04. The van der Waals surface area contributed by atoms with Crippen molar-refractivity contribution in [3.8, 4) is 0 Å². The molecule has 0 aromatic heterocycles. The fourth-order valence-corrected chi connectivity index (χ4v) is 1.35. The predicted octanol–water partition coefficient (Wildman–Crippen LogP) is 2.32. The summed E-state index contributed by atoms with van der Waals surface area (Å²) in [5.41, 5.74) is 0.998. The van der Waals surface area contributed by atoms with Gasteiger partial charge in [0.15, 0.2) is 5.90 Å². The Hall–Kier alpha value is -1.38. The lowest BCUT2D eigenvalue weighted by Crippen LogP contribution is -1.97. The highest BCUT2D eigenvalue weighted by molar-refractivity contribution is 5.74. The van der Waals surface area contributed by atoms with Gasteiger partial charge in [0.25, 0.3) is 0 Å². The van der Waals surface area contributed by atoms with Crippen molar-refractivity contribution >= 4 is 5.90 Å².